The Balaban J connectivity index is 1.76. The van der Waals surface area contributed by atoms with Gasteiger partial charge in [0.05, 0.1) is 12.7 Å². The second-order valence-electron chi connectivity index (χ2n) is 7.03. The van der Waals surface area contributed by atoms with Crippen LogP contribution in [0.3, 0.4) is 0 Å². The van der Waals surface area contributed by atoms with Crippen molar-refractivity contribution in [3.05, 3.63) is 59.2 Å². The molecule has 0 atom stereocenters. The van der Waals surface area contributed by atoms with Gasteiger partial charge in [0.1, 0.15) is 5.41 Å². The molecule has 28 heavy (non-hydrogen) atoms. The van der Waals surface area contributed by atoms with Crippen molar-refractivity contribution in [3.8, 4) is 0 Å². The molecule has 0 bridgehead atoms. The number of carbonyl (C=O) groups is 3. The molecule has 3 rings (SSSR count). The summed E-state index contributed by atoms with van der Waals surface area (Å²) < 4.78 is 4.70. The van der Waals surface area contributed by atoms with E-state index in [1.807, 2.05) is 32.0 Å². The summed E-state index contributed by atoms with van der Waals surface area (Å²) in [7, 11) is 1.30. The number of esters is 1. The summed E-state index contributed by atoms with van der Waals surface area (Å²) in [4.78, 5) is 37.4. The molecule has 0 saturated heterocycles. The third-order valence-electron chi connectivity index (χ3n) is 5.14. The lowest BCUT2D eigenvalue weighted by Crippen LogP contribution is -2.36. The molecule has 1 aliphatic carbocycles. The number of para-hydroxylation sites is 1. The Morgan fingerprint density at radius 3 is 2.36 bits per heavy atom. The molecule has 0 radical (unpaired) electrons. The molecule has 0 unspecified atom stereocenters. The molecule has 0 aliphatic heterocycles. The summed E-state index contributed by atoms with van der Waals surface area (Å²) in [6.07, 6.45) is 1.78. The average Bonchev–Trinajstić information content (AvgIpc) is 3.51. The van der Waals surface area contributed by atoms with E-state index < -0.39 is 11.4 Å². The van der Waals surface area contributed by atoms with E-state index in [4.69, 9.17) is 4.74 Å². The average molecular weight is 380 g/mol. The summed E-state index contributed by atoms with van der Waals surface area (Å²) in [5, 5.41) is 5.73. The molecule has 2 aromatic rings. The van der Waals surface area contributed by atoms with Crippen LogP contribution in [0.1, 0.15) is 41.3 Å². The molecule has 0 aromatic heterocycles. The van der Waals surface area contributed by atoms with Crippen LogP contribution in [0.4, 0.5) is 11.4 Å². The van der Waals surface area contributed by atoms with Gasteiger partial charge in [-0.05, 0) is 55.5 Å². The maximum absolute atomic E-state index is 12.9. The maximum Gasteiger partial charge on any atom is 0.337 e. The largest absolute Gasteiger partial charge is 0.465 e. The lowest BCUT2D eigenvalue weighted by atomic mass is 10.0. The molecule has 2 N–H and O–H groups in total. The lowest BCUT2D eigenvalue weighted by molar-refractivity contribution is -0.131. The zero-order valence-corrected chi connectivity index (χ0v) is 16.3. The lowest BCUT2D eigenvalue weighted by Gasteiger charge is -2.18. The van der Waals surface area contributed by atoms with E-state index in [1.54, 1.807) is 18.2 Å². The number of benzene rings is 2. The third-order valence-corrected chi connectivity index (χ3v) is 5.14. The van der Waals surface area contributed by atoms with Crippen molar-refractivity contribution >= 4 is 29.2 Å². The standard InChI is InChI=1S/C22H24N2O4/c1-4-15-8-5-7-14(2)18(15)24-21(27)22(11-12-22)20(26)23-17-10-6-9-16(13-17)19(25)28-3/h5-10,13H,4,11-12H2,1-3H3,(H,23,26)(H,24,27). The summed E-state index contributed by atoms with van der Waals surface area (Å²) in [5.41, 5.74) is 2.50. The smallest absolute Gasteiger partial charge is 0.337 e. The quantitative estimate of drug-likeness (QED) is 0.591. The number of carbonyl (C=O) groups excluding carboxylic acids is 3. The number of rotatable bonds is 6. The predicted molar refractivity (Wildman–Crippen MR) is 107 cm³/mol. The number of aryl methyl sites for hydroxylation is 2. The maximum atomic E-state index is 12.9. The zero-order chi connectivity index (χ0) is 20.3. The van der Waals surface area contributed by atoms with Gasteiger partial charge in [-0.15, -0.1) is 0 Å². The van der Waals surface area contributed by atoms with Crippen LogP contribution in [0.5, 0.6) is 0 Å². The van der Waals surface area contributed by atoms with Crippen LogP contribution < -0.4 is 10.6 Å². The van der Waals surface area contributed by atoms with E-state index >= 15 is 0 Å². The Kier molecular flexibility index (Phi) is 5.49. The van der Waals surface area contributed by atoms with Gasteiger partial charge in [0, 0.05) is 11.4 Å². The minimum absolute atomic E-state index is 0.293. The Morgan fingerprint density at radius 2 is 1.71 bits per heavy atom. The molecule has 2 aromatic carbocycles. The molecule has 146 valence electrons. The third kappa shape index (κ3) is 3.76. The Morgan fingerprint density at radius 1 is 1.04 bits per heavy atom. The second-order valence-corrected chi connectivity index (χ2v) is 7.03. The number of hydrogen-bond donors (Lipinski definition) is 2. The van der Waals surface area contributed by atoms with Crippen LogP contribution in [0.15, 0.2) is 42.5 Å². The van der Waals surface area contributed by atoms with Crippen molar-refractivity contribution in [1.29, 1.82) is 0 Å². The van der Waals surface area contributed by atoms with Gasteiger partial charge in [0.15, 0.2) is 0 Å². The van der Waals surface area contributed by atoms with Crippen molar-refractivity contribution in [2.75, 3.05) is 17.7 Å². The fourth-order valence-electron chi connectivity index (χ4n) is 3.21. The fourth-order valence-corrected chi connectivity index (χ4v) is 3.21. The van der Waals surface area contributed by atoms with Gasteiger partial charge in [0.2, 0.25) is 11.8 Å². The first-order valence-corrected chi connectivity index (χ1v) is 9.31. The van der Waals surface area contributed by atoms with Crippen LogP contribution in [-0.2, 0) is 20.7 Å². The Bertz CT molecular complexity index is 932. The van der Waals surface area contributed by atoms with E-state index in [0.717, 1.165) is 23.2 Å². The molecule has 1 fully saturated rings. The highest BCUT2D eigenvalue weighted by Gasteiger charge is 2.56. The van der Waals surface area contributed by atoms with Crippen molar-refractivity contribution in [2.45, 2.75) is 33.1 Å². The SMILES string of the molecule is CCc1cccc(C)c1NC(=O)C1(C(=O)Nc2cccc(C(=O)OC)c2)CC1. The first kappa shape index (κ1) is 19.6. The van der Waals surface area contributed by atoms with E-state index in [-0.39, 0.29) is 11.8 Å². The van der Waals surface area contributed by atoms with Gasteiger partial charge in [-0.2, -0.15) is 0 Å². The Labute approximate surface area is 164 Å². The Hall–Kier alpha value is -3.15. The summed E-state index contributed by atoms with van der Waals surface area (Å²) in [6.45, 7) is 3.96. The molecule has 2 amide bonds. The van der Waals surface area contributed by atoms with Crippen molar-refractivity contribution in [2.24, 2.45) is 5.41 Å². The predicted octanol–water partition coefficient (Wildman–Crippen LogP) is 3.70. The van der Waals surface area contributed by atoms with Gasteiger partial charge in [0.25, 0.3) is 0 Å². The van der Waals surface area contributed by atoms with Crippen LogP contribution in [-0.4, -0.2) is 24.9 Å². The monoisotopic (exact) mass is 380 g/mol. The number of methoxy groups -OCH3 is 1. The minimum Gasteiger partial charge on any atom is -0.465 e. The number of ether oxygens (including phenoxy) is 1. The molecule has 6 nitrogen and oxygen atoms in total. The zero-order valence-electron chi connectivity index (χ0n) is 16.3. The van der Waals surface area contributed by atoms with Crippen LogP contribution >= 0.6 is 0 Å². The molecular formula is C22H24N2O4. The summed E-state index contributed by atoms with van der Waals surface area (Å²) in [5.74, 6) is -1.14. The van der Waals surface area contributed by atoms with Crippen LogP contribution in [0.25, 0.3) is 0 Å². The first-order valence-electron chi connectivity index (χ1n) is 9.31. The summed E-state index contributed by atoms with van der Waals surface area (Å²) >= 11 is 0. The molecular weight excluding hydrogens is 356 g/mol. The topological polar surface area (TPSA) is 84.5 Å². The molecule has 0 heterocycles. The van der Waals surface area contributed by atoms with Gasteiger partial charge < -0.3 is 15.4 Å². The highest BCUT2D eigenvalue weighted by molar-refractivity contribution is 6.17. The highest BCUT2D eigenvalue weighted by atomic mass is 16.5. The van der Waals surface area contributed by atoms with Crippen molar-refractivity contribution in [3.63, 3.8) is 0 Å². The first-order chi connectivity index (χ1) is 13.4. The summed E-state index contributed by atoms with van der Waals surface area (Å²) in [6, 6.07) is 12.3. The minimum atomic E-state index is -1.07. The normalized spacial score (nSPS) is 14.1. The van der Waals surface area contributed by atoms with Gasteiger partial charge >= 0.3 is 5.97 Å². The molecule has 1 aliphatic rings. The van der Waals surface area contributed by atoms with Gasteiger partial charge in [-0.25, -0.2) is 4.79 Å². The molecule has 1 saturated carbocycles. The number of hydrogen-bond acceptors (Lipinski definition) is 4. The number of amides is 2. The highest BCUT2D eigenvalue weighted by Crippen LogP contribution is 2.47. The van der Waals surface area contributed by atoms with Crippen molar-refractivity contribution < 1.29 is 19.1 Å². The van der Waals surface area contributed by atoms with E-state index in [9.17, 15) is 14.4 Å². The van der Waals surface area contributed by atoms with Crippen molar-refractivity contribution in [1.82, 2.24) is 0 Å². The fraction of sp³-hybridized carbons (Fsp3) is 0.318. The van der Waals surface area contributed by atoms with Crippen LogP contribution in [0.2, 0.25) is 0 Å². The number of nitrogens with one attached hydrogen (secondary N) is 2. The number of anilines is 2. The van der Waals surface area contributed by atoms with Crippen LogP contribution in [0, 0.1) is 12.3 Å². The van der Waals surface area contributed by atoms with E-state index in [1.165, 1.54) is 13.2 Å². The van der Waals surface area contributed by atoms with Gasteiger partial charge in [-0.3, -0.25) is 9.59 Å². The van der Waals surface area contributed by atoms with Gasteiger partial charge in [-0.1, -0.05) is 31.2 Å². The van der Waals surface area contributed by atoms with E-state index in [0.29, 0.717) is 24.1 Å². The van der Waals surface area contributed by atoms with E-state index in [2.05, 4.69) is 10.6 Å². The molecule has 6 heteroatoms. The molecule has 0 spiro atoms. The second kappa shape index (κ2) is 7.84.